The summed E-state index contributed by atoms with van der Waals surface area (Å²) >= 11 is 0. The normalized spacial score (nSPS) is 10.4. The third-order valence-electron chi connectivity index (χ3n) is 2.67. The molecule has 7 nitrogen and oxygen atoms in total. The Bertz CT molecular complexity index is 669. The fourth-order valence-electron chi connectivity index (χ4n) is 1.85. The lowest BCUT2D eigenvalue weighted by atomic mass is 10.3. The van der Waals surface area contributed by atoms with Crippen LogP contribution in [0.15, 0.2) is 24.3 Å². The average Bonchev–Trinajstić information content (AvgIpc) is 2.63. The molecule has 2 aromatic rings. The molecule has 0 spiro atoms. The van der Waals surface area contributed by atoms with Gasteiger partial charge in [0.2, 0.25) is 0 Å². The number of carbonyl (C=O) groups excluding carboxylic acids is 2. The first-order valence-electron chi connectivity index (χ1n) is 5.36. The molecule has 0 saturated carbocycles. The van der Waals surface area contributed by atoms with Crippen LogP contribution in [0.4, 0.5) is 4.39 Å². The Morgan fingerprint density at radius 3 is 1.70 bits per heavy atom. The molecule has 2 rings (SSSR count). The fraction of sp³-hybridized carbons (Fsp3) is 0. The first-order valence-corrected chi connectivity index (χ1v) is 5.36. The van der Waals surface area contributed by atoms with E-state index in [2.05, 4.69) is 0 Å². The van der Waals surface area contributed by atoms with Crippen molar-refractivity contribution < 1.29 is 24.2 Å². The van der Waals surface area contributed by atoms with Gasteiger partial charge >= 0.3 is 0 Å². The molecular formula is C12H10FN3O4. The van der Waals surface area contributed by atoms with Crippen LogP contribution in [0.2, 0.25) is 0 Å². The van der Waals surface area contributed by atoms with Crippen molar-refractivity contribution in [2.45, 2.75) is 0 Å². The summed E-state index contributed by atoms with van der Waals surface area (Å²) in [5, 5.41) is 19.4. The van der Waals surface area contributed by atoms with Gasteiger partial charge in [0.15, 0.2) is 22.9 Å². The van der Waals surface area contributed by atoms with E-state index in [1.54, 1.807) is 0 Å². The summed E-state index contributed by atoms with van der Waals surface area (Å²) in [6, 6.07) is 4.60. The molecule has 0 saturated heterocycles. The number of benzene rings is 1. The standard InChI is InChI=1S/C12H10FN3O4/c13-5-1-3-6(4-2-5)16-7(11(14)19)9(17)10(18)8(16)12(15)20/h1-4,17-18H,(H2,14,19)(H2,15,20). The first kappa shape index (κ1) is 13.4. The average molecular weight is 279 g/mol. The van der Waals surface area contributed by atoms with Crippen LogP contribution < -0.4 is 11.5 Å². The maximum atomic E-state index is 12.9. The van der Waals surface area contributed by atoms with Crippen LogP contribution in [0.1, 0.15) is 21.0 Å². The molecule has 0 aliphatic rings. The summed E-state index contributed by atoms with van der Waals surface area (Å²) in [6.07, 6.45) is 0. The minimum Gasteiger partial charge on any atom is -0.503 e. The number of nitrogens with two attached hydrogens (primary N) is 2. The third-order valence-corrected chi connectivity index (χ3v) is 2.67. The van der Waals surface area contributed by atoms with Gasteiger partial charge < -0.3 is 21.7 Å². The van der Waals surface area contributed by atoms with Crippen molar-refractivity contribution in [2.24, 2.45) is 11.5 Å². The molecule has 1 heterocycles. The Morgan fingerprint density at radius 2 is 1.35 bits per heavy atom. The largest absolute Gasteiger partial charge is 0.503 e. The molecule has 1 aromatic carbocycles. The topological polar surface area (TPSA) is 132 Å². The summed E-state index contributed by atoms with van der Waals surface area (Å²) in [4.78, 5) is 22.8. The number of halogens is 1. The molecule has 0 bridgehead atoms. The zero-order valence-electron chi connectivity index (χ0n) is 10.0. The highest BCUT2D eigenvalue weighted by Crippen LogP contribution is 2.37. The maximum absolute atomic E-state index is 12.9. The van der Waals surface area contributed by atoms with Crippen LogP contribution in [0.25, 0.3) is 5.69 Å². The van der Waals surface area contributed by atoms with Crippen LogP contribution in [0.5, 0.6) is 11.5 Å². The Morgan fingerprint density at radius 1 is 0.950 bits per heavy atom. The number of primary amides is 2. The van der Waals surface area contributed by atoms with Crippen LogP contribution in [-0.2, 0) is 0 Å². The van der Waals surface area contributed by atoms with Crippen molar-refractivity contribution in [1.82, 2.24) is 4.57 Å². The van der Waals surface area contributed by atoms with Gasteiger partial charge in [0.1, 0.15) is 5.82 Å². The number of aromatic hydroxyl groups is 2. The fourth-order valence-corrected chi connectivity index (χ4v) is 1.85. The van der Waals surface area contributed by atoms with E-state index in [4.69, 9.17) is 11.5 Å². The number of hydrogen-bond acceptors (Lipinski definition) is 4. The second-order valence-corrected chi connectivity index (χ2v) is 3.93. The van der Waals surface area contributed by atoms with Gasteiger partial charge in [0, 0.05) is 5.69 Å². The second-order valence-electron chi connectivity index (χ2n) is 3.93. The zero-order valence-corrected chi connectivity index (χ0v) is 10.0. The summed E-state index contributed by atoms with van der Waals surface area (Å²) in [5.41, 5.74) is 9.29. The van der Waals surface area contributed by atoms with Crippen molar-refractivity contribution in [2.75, 3.05) is 0 Å². The van der Waals surface area contributed by atoms with Gasteiger partial charge in [-0.1, -0.05) is 0 Å². The van der Waals surface area contributed by atoms with Gasteiger partial charge in [-0.3, -0.25) is 14.2 Å². The lowest BCUT2D eigenvalue weighted by Crippen LogP contribution is -2.21. The Balaban J connectivity index is 2.85. The third kappa shape index (κ3) is 1.92. The molecule has 0 aliphatic heterocycles. The van der Waals surface area contributed by atoms with E-state index in [-0.39, 0.29) is 5.69 Å². The van der Waals surface area contributed by atoms with Crippen molar-refractivity contribution in [3.8, 4) is 17.2 Å². The Hall–Kier alpha value is -3.03. The van der Waals surface area contributed by atoms with E-state index < -0.39 is 40.5 Å². The van der Waals surface area contributed by atoms with Crippen LogP contribution in [0, 0.1) is 5.82 Å². The van der Waals surface area contributed by atoms with Crippen molar-refractivity contribution in [3.63, 3.8) is 0 Å². The van der Waals surface area contributed by atoms with E-state index in [9.17, 15) is 24.2 Å². The van der Waals surface area contributed by atoms with Gasteiger partial charge in [0.05, 0.1) is 0 Å². The quantitative estimate of drug-likeness (QED) is 0.640. The number of carbonyl (C=O) groups is 2. The highest BCUT2D eigenvalue weighted by atomic mass is 19.1. The minimum atomic E-state index is -1.09. The monoisotopic (exact) mass is 279 g/mol. The van der Waals surface area contributed by atoms with Gasteiger partial charge in [-0.25, -0.2) is 4.39 Å². The highest BCUT2D eigenvalue weighted by molar-refractivity contribution is 6.03. The lowest BCUT2D eigenvalue weighted by molar-refractivity contribution is 0.0989. The molecule has 0 aliphatic carbocycles. The van der Waals surface area contributed by atoms with Crippen LogP contribution in [0.3, 0.4) is 0 Å². The van der Waals surface area contributed by atoms with E-state index in [0.717, 1.165) is 16.7 Å². The first-order chi connectivity index (χ1) is 9.34. The number of nitrogens with zero attached hydrogens (tertiary/aromatic N) is 1. The summed E-state index contributed by atoms with van der Waals surface area (Å²) in [5.74, 6) is -4.45. The van der Waals surface area contributed by atoms with E-state index in [1.165, 1.54) is 12.1 Å². The molecule has 104 valence electrons. The van der Waals surface area contributed by atoms with Gasteiger partial charge in [0.25, 0.3) is 11.8 Å². The number of rotatable bonds is 3. The zero-order chi connectivity index (χ0) is 15.0. The van der Waals surface area contributed by atoms with Crippen molar-refractivity contribution in [3.05, 3.63) is 41.5 Å². The van der Waals surface area contributed by atoms with Crippen LogP contribution in [-0.4, -0.2) is 26.6 Å². The molecule has 20 heavy (non-hydrogen) atoms. The van der Waals surface area contributed by atoms with E-state index in [1.807, 2.05) is 0 Å². The van der Waals surface area contributed by atoms with Gasteiger partial charge in [-0.05, 0) is 24.3 Å². The van der Waals surface area contributed by atoms with Crippen molar-refractivity contribution in [1.29, 1.82) is 0 Å². The highest BCUT2D eigenvalue weighted by Gasteiger charge is 2.29. The summed E-state index contributed by atoms with van der Waals surface area (Å²) in [6.45, 7) is 0. The molecule has 0 radical (unpaired) electrons. The molecule has 0 atom stereocenters. The Kier molecular flexibility index (Phi) is 3.07. The predicted octanol–water partition coefficient (Wildman–Crippen LogP) is 0.225. The maximum Gasteiger partial charge on any atom is 0.269 e. The number of aromatic nitrogens is 1. The minimum absolute atomic E-state index is 0.129. The molecule has 0 unspecified atom stereocenters. The summed E-state index contributed by atoms with van der Waals surface area (Å²) < 4.78 is 13.8. The van der Waals surface area contributed by atoms with E-state index in [0.29, 0.717) is 0 Å². The number of amides is 2. The van der Waals surface area contributed by atoms with Gasteiger partial charge in [-0.15, -0.1) is 0 Å². The van der Waals surface area contributed by atoms with E-state index >= 15 is 0 Å². The van der Waals surface area contributed by atoms with Gasteiger partial charge in [-0.2, -0.15) is 0 Å². The number of hydrogen-bond donors (Lipinski definition) is 4. The lowest BCUT2D eigenvalue weighted by Gasteiger charge is -2.09. The summed E-state index contributed by atoms with van der Waals surface area (Å²) in [7, 11) is 0. The van der Waals surface area contributed by atoms with Crippen LogP contribution >= 0.6 is 0 Å². The molecular weight excluding hydrogens is 269 g/mol. The Labute approximate surface area is 111 Å². The molecule has 0 fully saturated rings. The molecule has 2 amide bonds. The van der Waals surface area contributed by atoms with Crippen molar-refractivity contribution >= 4 is 11.8 Å². The molecule has 1 aromatic heterocycles. The molecule has 6 N–H and O–H groups in total. The second kappa shape index (κ2) is 4.57. The SMILES string of the molecule is NC(=O)c1c(O)c(O)c(C(N)=O)n1-c1ccc(F)cc1. The molecule has 8 heteroatoms. The predicted molar refractivity (Wildman–Crippen MR) is 66.1 cm³/mol. The smallest absolute Gasteiger partial charge is 0.269 e.